The highest BCUT2D eigenvalue weighted by Gasteiger charge is 2.22. The molecule has 1 aromatic heterocycles. The summed E-state index contributed by atoms with van der Waals surface area (Å²) in [6, 6.07) is 13.2. The fourth-order valence-corrected chi connectivity index (χ4v) is 2.43. The Morgan fingerprint density at radius 2 is 2.18 bits per heavy atom. The number of rotatable bonds is 2. The summed E-state index contributed by atoms with van der Waals surface area (Å²) >= 11 is 0. The molecule has 1 aromatic carbocycles. The molecule has 1 N–H and O–H groups in total. The number of fused-ring (bicyclic) bond motifs is 1. The lowest BCUT2D eigenvalue weighted by Gasteiger charge is -2.25. The van der Waals surface area contributed by atoms with Crippen LogP contribution in [-0.4, -0.2) is 16.3 Å². The monoisotopic (exact) mass is 227 g/mol. The summed E-state index contributed by atoms with van der Waals surface area (Å²) in [7, 11) is 0. The van der Waals surface area contributed by atoms with E-state index in [2.05, 4.69) is 58.4 Å². The minimum absolute atomic E-state index is 0.382. The van der Waals surface area contributed by atoms with Crippen LogP contribution in [0.15, 0.2) is 36.4 Å². The van der Waals surface area contributed by atoms with Crippen LogP contribution < -0.4 is 5.32 Å². The Kier molecular flexibility index (Phi) is 2.59. The first-order valence-corrected chi connectivity index (χ1v) is 6.25. The van der Waals surface area contributed by atoms with Crippen LogP contribution in [0.3, 0.4) is 0 Å². The van der Waals surface area contributed by atoms with E-state index >= 15 is 0 Å². The SMILES string of the molecule is CCc1cc2n(n1)C(c1ccccc1)CCN2. The third kappa shape index (κ3) is 1.82. The fourth-order valence-electron chi connectivity index (χ4n) is 2.43. The highest BCUT2D eigenvalue weighted by atomic mass is 15.4. The normalized spacial score (nSPS) is 18.5. The number of aromatic nitrogens is 2. The van der Waals surface area contributed by atoms with E-state index in [1.54, 1.807) is 0 Å². The molecule has 0 amide bonds. The van der Waals surface area contributed by atoms with E-state index in [4.69, 9.17) is 0 Å². The number of hydrogen-bond donors (Lipinski definition) is 1. The van der Waals surface area contributed by atoms with Gasteiger partial charge in [-0.2, -0.15) is 5.10 Å². The van der Waals surface area contributed by atoms with Gasteiger partial charge in [-0.1, -0.05) is 37.3 Å². The Bertz CT molecular complexity index is 501. The van der Waals surface area contributed by atoms with E-state index in [1.165, 1.54) is 5.56 Å². The standard InChI is InChI=1S/C14H17N3/c1-2-12-10-14-15-9-8-13(17(14)16-12)11-6-4-3-5-7-11/h3-7,10,13,15H,2,8-9H2,1H3. The molecule has 0 radical (unpaired) electrons. The summed E-state index contributed by atoms with van der Waals surface area (Å²) in [5.74, 6) is 1.15. The zero-order valence-corrected chi connectivity index (χ0v) is 10.1. The van der Waals surface area contributed by atoms with Gasteiger partial charge in [0, 0.05) is 12.6 Å². The fraction of sp³-hybridized carbons (Fsp3) is 0.357. The van der Waals surface area contributed by atoms with Crippen LogP contribution in [0.25, 0.3) is 0 Å². The van der Waals surface area contributed by atoms with Gasteiger partial charge in [-0.3, -0.25) is 0 Å². The van der Waals surface area contributed by atoms with Gasteiger partial charge in [-0.05, 0) is 18.4 Å². The minimum atomic E-state index is 0.382. The van der Waals surface area contributed by atoms with Crippen molar-refractivity contribution in [3.05, 3.63) is 47.7 Å². The molecular formula is C14H17N3. The maximum absolute atomic E-state index is 4.68. The van der Waals surface area contributed by atoms with Crippen molar-refractivity contribution >= 4 is 5.82 Å². The smallest absolute Gasteiger partial charge is 0.125 e. The first kappa shape index (κ1) is 10.4. The summed E-state index contributed by atoms with van der Waals surface area (Å²) in [6.45, 7) is 3.17. The van der Waals surface area contributed by atoms with Gasteiger partial charge in [0.25, 0.3) is 0 Å². The molecule has 1 atom stereocenters. The first-order chi connectivity index (χ1) is 8.38. The molecule has 88 valence electrons. The van der Waals surface area contributed by atoms with E-state index in [0.29, 0.717) is 6.04 Å². The van der Waals surface area contributed by atoms with Gasteiger partial charge in [0.05, 0.1) is 11.7 Å². The van der Waals surface area contributed by atoms with Crippen molar-refractivity contribution in [1.82, 2.24) is 9.78 Å². The Hall–Kier alpha value is -1.77. The number of nitrogens with one attached hydrogen (secondary N) is 1. The third-order valence-electron chi connectivity index (χ3n) is 3.35. The Balaban J connectivity index is 2.02. The maximum Gasteiger partial charge on any atom is 0.125 e. The molecule has 1 unspecified atom stereocenters. The Morgan fingerprint density at radius 3 is 2.94 bits per heavy atom. The molecule has 2 aromatic rings. The predicted molar refractivity (Wildman–Crippen MR) is 69.3 cm³/mol. The number of aryl methyl sites for hydroxylation is 1. The van der Waals surface area contributed by atoms with Gasteiger partial charge in [-0.25, -0.2) is 4.68 Å². The van der Waals surface area contributed by atoms with Crippen LogP contribution in [0.1, 0.15) is 30.6 Å². The molecular weight excluding hydrogens is 210 g/mol. The number of benzene rings is 1. The van der Waals surface area contributed by atoms with Crippen molar-refractivity contribution in [1.29, 1.82) is 0 Å². The highest BCUT2D eigenvalue weighted by Crippen LogP contribution is 2.29. The molecule has 0 spiro atoms. The van der Waals surface area contributed by atoms with E-state index in [9.17, 15) is 0 Å². The van der Waals surface area contributed by atoms with Gasteiger partial charge in [0.2, 0.25) is 0 Å². The lowest BCUT2D eigenvalue weighted by Crippen LogP contribution is -2.24. The van der Waals surface area contributed by atoms with Crippen molar-refractivity contribution < 1.29 is 0 Å². The highest BCUT2D eigenvalue weighted by molar-refractivity contribution is 5.41. The van der Waals surface area contributed by atoms with Crippen molar-refractivity contribution in [2.45, 2.75) is 25.8 Å². The molecule has 3 heteroatoms. The topological polar surface area (TPSA) is 29.9 Å². The summed E-state index contributed by atoms with van der Waals surface area (Å²) < 4.78 is 2.14. The second kappa shape index (κ2) is 4.24. The summed E-state index contributed by atoms with van der Waals surface area (Å²) in [6.07, 6.45) is 2.09. The van der Waals surface area contributed by atoms with Gasteiger partial charge >= 0.3 is 0 Å². The zero-order chi connectivity index (χ0) is 11.7. The number of hydrogen-bond acceptors (Lipinski definition) is 2. The van der Waals surface area contributed by atoms with Crippen LogP contribution in [0.2, 0.25) is 0 Å². The molecule has 0 saturated heterocycles. The molecule has 2 heterocycles. The zero-order valence-electron chi connectivity index (χ0n) is 10.1. The number of anilines is 1. The van der Waals surface area contributed by atoms with Gasteiger partial charge < -0.3 is 5.32 Å². The second-order valence-corrected chi connectivity index (χ2v) is 4.46. The van der Waals surface area contributed by atoms with Gasteiger partial charge in [0.15, 0.2) is 0 Å². The largest absolute Gasteiger partial charge is 0.370 e. The van der Waals surface area contributed by atoms with Gasteiger partial charge in [0.1, 0.15) is 5.82 Å². The van der Waals surface area contributed by atoms with Crippen molar-refractivity contribution in [3.63, 3.8) is 0 Å². The molecule has 0 saturated carbocycles. The number of nitrogens with zero attached hydrogens (tertiary/aromatic N) is 2. The Labute approximate surface area is 101 Å². The van der Waals surface area contributed by atoms with Crippen molar-refractivity contribution in [3.8, 4) is 0 Å². The van der Waals surface area contributed by atoms with Crippen LogP contribution >= 0.6 is 0 Å². The van der Waals surface area contributed by atoms with Crippen molar-refractivity contribution in [2.24, 2.45) is 0 Å². The molecule has 0 aliphatic carbocycles. The third-order valence-corrected chi connectivity index (χ3v) is 3.35. The molecule has 0 fully saturated rings. The predicted octanol–water partition coefficient (Wildman–Crippen LogP) is 2.85. The van der Waals surface area contributed by atoms with Crippen LogP contribution in [0.4, 0.5) is 5.82 Å². The van der Waals surface area contributed by atoms with Crippen LogP contribution in [0.5, 0.6) is 0 Å². The van der Waals surface area contributed by atoms with E-state index in [0.717, 1.165) is 30.9 Å². The van der Waals surface area contributed by atoms with Crippen molar-refractivity contribution in [2.75, 3.05) is 11.9 Å². The summed E-state index contributed by atoms with van der Waals surface area (Å²) in [4.78, 5) is 0. The van der Waals surface area contributed by atoms with Gasteiger partial charge in [-0.15, -0.1) is 0 Å². The molecule has 1 aliphatic rings. The Morgan fingerprint density at radius 1 is 1.35 bits per heavy atom. The lowest BCUT2D eigenvalue weighted by molar-refractivity contribution is 0.478. The maximum atomic E-state index is 4.68. The molecule has 0 bridgehead atoms. The lowest BCUT2D eigenvalue weighted by atomic mass is 10.0. The average Bonchev–Trinajstić information content (AvgIpc) is 2.82. The second-order valence-electron chi connectivity index (χ2n) is 4.46. The first-order valence-electron chi connectivity index (χ1n) is 6.25. The summed E-state index contributed by atoms with van der Waals surface area (Å²) in [5.41, 5.74) is 2.51. The van der Waals surface area contributed by atoms with Crippen LogP contribution in [0, 0.1) is 0 Å². The van der Waals surface area contributed by atoms with E-state index < -0.39 is 0 Å². The van der Waals surface area contributed by atoms with E-state index in [-0.39, 0.29) is 0 Å². The molecule has 3 rings (SSSR count). The minimum Gasteiger partial charge on any atom is -0.370 e. The average molecular weight is 227 g/mol. The van der Waals surface area contributed by atoms with Crippen LogP contribution in [-0.2, 0) is 6.42 Å². The molecule has 3 nitrogen and oxygen atoms in total. The molecule has 1 aliphatic heterocycles. The molecule has 17 heavy (non-hydrogen) atoms. The quantitative estimate of drug-likeness (QED) is 0.855. The summed E-state index contributed by atoms with van der Waals surface area (Å²) in [5, 5.41) is 8.10. The van der Waals surface area contributed by atoms with E-state index in [1.807, 2.05) is 0 Å².